The lowest BCUT2D eigenvalue weighted by atomic mass is 9.99. The summed E-state index contributed by atoms with van der Waals surface area (Å²) in [4.78, 5) is 14.7. The Kier molecular flexibility index (Phi) is 3.55. The first kappa shape index (κ1) is 12.5. The van der Waals surface area contributed by atoms with Crippen molar-refractivity contribution >= 4 is 16.9 Å². The van der Waals surface area contributed by atoms with Gasteiger partial charge in [-0.05, 0) is 17.7 Å². The van der Waals surface area contributed by atoms with Crippen LogP contribution >= 0.6 is 0 Å². The predicted molar refractivity (Wildman–Crippen MR) is 65.0 cm³/mol. The van der Waals surface area contributed by atoms with Crippen molar-refractivity contribution in [2.45, 2.75) is 18.6 Å². The monoisotopic (exact) mass is 247 g/mol. The third-order valence-corrected chi connectivity index (χ3v) is 2.75. The van der Waals surface area contributed by atoms with Crippen LogP contribution in [0.1, 0.15) is 18.1 Å². The zero-order chi connectivity index (χ0) is 13.1. The quantitative estimate of drug-likeness (QED) is 0.752. The number of hydrogen-bond donors (Lipinski definition) is 3. The van der Waals surface area contributed by atoms with Gasteiger partial charge in [-0.3, -0.25) is 9.78 Å². The number of aromatic nitrogens is 1. The Morgan fingerprint density at radius 1 is 1.22 bits per heavy atom. The van der Waals surface area contributed by atoms with E-state index in [4.69, 9.17) is 5.11 Å². The molecule has 0 fully saturated rings. The fourth-order valence-corrected chi connectivity index (χ4v) is 1.87. The van der Waals surface area contributed by atoms with Gasteiger partial charge in [0.05, 0.1) is 18.0 Å². The fourth-order valence-electron chi connectivity index (χ4n) is 1.87. The molecule has 2 atom stereocenters. The van der Waals surface area contributed by atoms with E-state index in [1.807, 2.05) is 6.07 Å². The minimum Gasteiger partial charge on any atom is -0.481 e. The number of benzene rings is 1. The van der Waals surface area contributed by atoms with Crippen LogP contribution in [0.5, 0.6) is 0 Å². The van der Waals surface area contributed by atoms with Crippen molar-refractivity contribution in [1.82, 2.24) is 4.98 Å². The topological polar surface area (TPSA) is 90.7 Å². The molecule has 0 bridgehead atoms. The Morgan fingerprint density at radius 3 is 2.67 bits per heavy atom. The number of rotatable bonds is 4. The molecule has 0 amide bonds. The number of aliphatic carboxylic acids is 1. The van der Waals surface area contributed by atoms with Crippen LogP contribution in [0.25, 0.3) is 10.9 Å². The first-order chi connectivity index (χ1) is 8.59. The summed E-state index contributed by atoms with van der Waals surface area (Å²) in [6, 6.07) is 8.75. The van der Waals surface area contributed by atoms with Gasteiger partial charge in [-0.1, -0.05) is 18.2 Å². The minimum absolute atomic E-state index is 0.481. The molecule has 18 heavy (non-hydrogen) atoms. The average Bonchev–Trinajstić information content (AvgIpc) is 2.36. The molecule has 0 spiro atoms. The normalized spacial score (nSPS) is 14.3. The van der Waals surface area contributed by atoms with Crippen molar-refractivity contribution in [1.29, 1.82) is 0 Å². The van der Waals surface area contributed by atoms with E-state index in [1.54, 1.807) is 24.3 Å². The third-order valence-electron chi connectivity index (χ3n) is 2.75. The molecule has 3 N–H and O–H groups in total. The predicted octanol–water partition coefficient (Wildman–Crippen LogP) is 1.10. The van der Waals surface area contributed by atoms with Gasteiger partial charge in [-0.2, -0.15) is 0 Å². The second kappa shape index (κ2) is 5.12. The maximum atomic E-state index is 10.5. The van der Waals surface area contributed by atoms with Crippen molar-refractivity contribution in [2.24, 2.45) is 0 Å². The number of carboxylic acids is 1. The maximum Gasteiger partial charge on any atom is 0.306 e. The molecule has 5 heteroatoms. The van der Waals surface area contributed by atoms with Gasteiger partial charge in [0, 0.05) is 11.6 Å². The molecule has 94 valence electrons. The molecule has 5 nitrogen and oxygen atoms in total. The second-order valence-electron chi connectivity index (χ2n) is 4.03. The number of carbonyl (C=O) groups is 1. The Morgan fingerprint density at radius 2 is 1.94 bits per heavy atom. The number of carboxylic acid groups (broad SMARTS) is 1. The van der Waals surface area contributed by atoms with E-state index in [9.17, 15) is 15.0 Å². The zero-order valence-electron chi connectivity index (χ0n) is 9.52. The number of fused-ring (bicyclic) bond motifs is 1. The summed E-state index contributed by atoms with van der Waals surface area (Å²) in [6.45, 7) is 0. The second-order valence-corrected chi connectivity index (χ2v) is 4.03. The van der Waals surface area contributed by atoms with Crippen molar-refractivity contribution in [2.75, 3.05) is 0 Å². The molecule has 1 aromatic heterocycles. The lowest BCUT2D eigenvalue weighted by Gasteiger charge is -2.17. The highest BCUT2D eigenvalue weighted by Gasteiger charge is 2.22. The number of para-hydroxylation sites is 1. The number of nitrogens with zero attached hydrogens (tertiary/aromatic N) is 1. The van der Waals surface area contributed by atoms with Gasteiger partial charge >= 0.3 is 5.97 Å². The SMILES string of the molecule is O=C(O)CC(O)C(O)c1ccnc2ccccc12. The van der Waals surface area contributed by atoms with Crippen LogP contribution in [-0.2, 0) is 4.79 Å². The van der Waals surface area contributed by atoms with Gasteiger partial charge in [0.2, 0.25) is 0 Å². The summed E-state index contributed by atoms with van der Waals surface area (Å²) in [5.41, 5.74) is 1.17. The molecule has 0 aliphatic heterocycles. The van der Waals surface area contributed by atoms with Gasteiger partial charge in [0.15, 0.2) is 0 Å². The zero-order valence-corrected chi connectivity index (χ0v) is 9.52. The lowest BCUT2D eigenvalue weighted by molar-refractivity contribution is -0.141. The molecule has 0 saturated carbocycles. The summed E-state index contributed by atoms with van der Waals surface area (Å²) in [6.07, 6.45) is -1.56. The summed E-state index contributed by atoms with van der Waals surface area (Å²) >= 11 is 0. The number of aliphatic hydroxyl groups excluding tert-OH is 2. The van der Waals surface area contributed by atoms with E-state index < -0.39 is 24.6 Å². The van der Waals surface area contributed by atoms with Gasteiger partial charge in [0.25, 0.3) is 0 Å². The largest absolute Gasteiger partial charge is 0.481 e. The molecular formula is C13H13NO4. The van der Waals surface area contributed by atoms with E-state index in [0.29, 0.717) is 16.5 Å². The van der Waals surface area contributed by atoms with Gasteiger partial charge in [-0.15, -0.1) is 0 Å². The molecular weight excluding hydrogens is 234 g/mol. The fraction of sp³-hybridized carbons (Fsp3) is 0.231. The number of aliphatic hydroxyl groups is 2. The molecule has 2 rings (SSSR count). The molecule has 1 heterocycles. The lowest BCUT2D eigenvalue weighted by Crippen LogP contribution is -2.22. The molecule has 2 aromatic rings. The maximum absolute atomic E-state index is 10.5. The molecule has 0 saturated heterocycles. The van der Waals surface area contributed by atoms with Gasteiger partial charge in [0.1, 0.15) is 6.10 Å². The molecule has 0 radical (unpaired) electrons. The Hall–Kier alpha value is -1.98. The average molecular weight is 247 g/mol. The Balaban J connectivity index is 2.38. The highest BCUT2D eigenvalue weighted by atomic mass is 16.4. The van der Waals surface area contributed by atoms with Crippen LogP contribution in [0.2, 0.25) is 0 Å². The first-order valence-electron chi connectivity index (χ1n) is 5.51. The highest BCUT2D eigenvalue weighted by Crippen LogP contribution is 2.25. The van der Waals surface area contributed by atoms with Gasteiger partial charge < -0.3 is 15.3 Å². The van der Waals surface area contributed by atoms with Crippen LogP contribution < -0.4 is 0 Å². The highest BCUT2D eigenvalue weighted by molar-refractivity contribution is 5.82. The van der Waals surface area contributed by atoms with Gasteiger partial charge in [-0.25, -0.2) is 0 Å². The van der Waals surface area contributed by atoms with Crippen molar-refractivity contribution in [3.8, 4) is 0 Å². The Bertz CT molecular complexity index is 564. The Labute approximate surface area is 103 Å². The summed E-state index contributed by atoms with van der Waals surface area (Å²) in [5, 5.41) is 29.0. The molecule has 0 aliphatic rings. The number of hydrogen-bond acceptors (Lipinski definition) is 4. The van der Waals surface area contributed by atoms with E-state index in [0.717, 1.165) is 0 Å². The van der Waals surface area contributed by atoms with E-state index in [-0.39, 0.29) is 0 Å². The standard InChI is InChI=1S/C13H13NO4/c15-11(7-12(16)17)13(18)9-5-6-14-10-4-2-1-3-8(9)10/h1-6,11,13,15,18H,7H2,(H,16,17). The molecule has 2 unspecified atom stereocenters. The molecule has 0 aliphatic carbocycles. The first-order valence-corrected chi connectivity index (χ1v) is 5.51. The van der Waals surface area contributed by atoms with Crippen LogP contribution in [0.4, 0.5) is 0 Å². The van der Waals surface area contributed by atoms with E-state index >= 15 is 0 Å². The third kappa shape index (κ3) is 2.47. The van der Waals surface area contributed by atoms with Crippen molar-refractivity contribution < 1.29 is 20.1 Å². The summed E-state index contributed by atoms with van der Waals surface area (Å²) < 4.78 is 0. The van der Waals surface area contributed by atoms with E-state index in [2.05, 4.69) is 4.98 Å². The van der Waals surface area contributed by atoms with Crippen LogP contribution in [-0.4, -0.2) is 32.4 Å². The van der Waals surface area contributed by atoms with Crippen molar-refractivity contribution in [3.63, 3.8) is 0 Å². The van der Waals surface area contributed by atoms with E-state index in [1.165, 1.54) is 6.20 Å². The minimum atomic E-state index is -1.34. The smallest absolute Gasteiger partial charge is 0.306 e. The van der Waals surface area contributed by atoms with Crippen molar-refractivity contribution in [3.05, 3.63) is 42.1 Å². The summed E-state index contributed by atoms with van der Waals surface area (Å²) in [5.74, 6) is -1.15. The van der Waals surface area contributed by atoms with Crippen LogP contribution in [0.15, 0.2) is 36.5 Å². The molecule has 1 aromatic carbocycles. The van der Waals surface area contributed by atoms with Crippen LogP contribution in [0.3, 0.4) is 0 Å². The van der Waals surface area contributed by atoms with Crippen LogP contribution in [0, 0.1) is 0 Å². The summed E-state index contributed by atoms with van der Waals surface area (Å²) in [7, 11) is 0. The number of pyridine rings is 1.